The molecule has 3 heterocycles. The van der Waals surface area contributed by atoms with Crippen molar-refractivity contribution >= 4 is 29.6 Å². The summed E-state index contributed by atoms with van der Waals surface area (Å²) in [4.78, 5) is 45.6. The number of hydrogen-bond donors (Lipinski definition) is 3. The summed E-state index contributed by atoms with van der Waals surface area (Å²) in [6, 6.07) is 15.2. The first kappa shape index (κ1) is 32.5. The number of hydrogen-bond acceptors (Lipinski definition) is 7. The van der Waals surface area contributed by atoms with E-state index in [0.29, 0.717) is 19.6 Å². The fourth-order valence-corrected chi connectivity index (χ4v) is 7.88. The van der Waals surface area contributed by atoms with Crippen molar-refractivity contribution in [3.8, 4) is 5.75 Å². The van der Waals surface area contributed by atoms with E-state index in [9.17, 15) is 19.5 Å². The van der Waals surface area contributed by atoms with Crippen LogP contribution in [0.3, 0.4) is 0 Å². The van der Waals surface area contributed by atoms with Crippen molar-refractivity contribution in [1.29, 1.82) is 0 Å². The summed E-state index contributed by atoms with van der Waals surface area (Å²) in [6.45, 7) is 8.05. The predicted molar refractivity (Wildman–Crippen MR) is 184 cm³/mol. The van der Waals surface area contributed by atoms with Gasteiger partial charge in [-0.3, -0.25) is 9.59 Å². The molecule has 1 aliphatic carbocycles. The van der Waals surface area contributed by atoms with Gasteiger partial charge in [-0.15, -0.1) is 18.3 Å². The highest BCUT2D eigenvalue weighted by molar-refractivity contribution is 8.03. The predicted octanol–water partition coefficient (Wildman–Crippen LogP) is 4.00. The zero-order valence-electron chi connectivity index (χ0n) is 26.6. The minimum absolute atomic E-state index is 0.0578. The molecule has 3 N–H and O–H groups in total. The first-order valence-corrected chi connectivity index (χ1v) is 17.1. The molecule has 2 saturated heterocycles. The Hall–Kier alpha value is -4.48. The SMILES string of the molecule is C=CCN1CC(=O)N2[C@@H](Cc3ccc(O)cc3)C(=O)N(CC3=CSC4C=C(NCCC)C=CC34)C[C@@H]2N1C(=O)NCc1ccccc1. The monoisotopic (exact) mass is 654 g/mol. The van der Waals surface area contributed by atoms with Gasteiger partial charge in [0.2, 0.25) is 11.8 Å². The van der Waals surface area contributed by atoms with Crippen LogP contribution in [0.4, 0.5) is 4.79 Å². The van der Waals surface area contributed by atoms with Crippen LogP contribution < -0.4 is 10.6 Å². The highest BCUT2D eigenvalue weighted by Crippen LogP contribution is 2.41. The topological polar surface area (TPSA) is 108 Å². The Morgan fingerprint density at radius 3 is 2.64 bits per heavy atom. The number of phenolic OH excluding ortho intramolecular Hbond substituents is 1. The molecule has 0 radical (unpaired) electrons. The summed E-state index contributed by atoms with van der Waals surface area (Å²) in [5.74, 6) is -0.0890. The fourth-order valence-electron chi connectivity index (χ4n) is 6.66. The Bertz CT molecular complexity index is 1580. The molecule has 2 unspecified atom stereocenters. The van der Waals surface area contributed by atoms with Crippen LogP contribution in [0.25, 0.3) is 0 Å². The molecule has 2 aromatic carbocycles. The molecule has 0 aromatic heterocycles. The molecule has 4 amide bonds. The zero-order valence-corrected chi connectivity index (χ0v) is 27.4. The van der Waals surface area contributed by atoms with E-state index in [4.69, 9.17) is 0 Å². The summed E-state index contributed by atoms with van der Waals surface area (Å²) in [5, 5.41) is 22.1. The van der Waals surface area contributed by atoms with Gasteiger partial charge < -0.3 is 25.5 Å². The summed E-state index contributed by atoms with van der Waals surface area (Å²) in [5.41, 5.74) is 4.02. The van der Waals surface area contributed by atoms with Crippen molar-refractivity contribution in [3.05, 3.63) is 113 Å². The first-order valence-electron chi connectivity index (χ1n) is 16.2. The number of fused-ring (bicyclic) bond motifs is 2. The highest BCUT2D eigenvalue weighted by atomic mass is 32.2. The van der Waals surface area contributed by atoms with Crippen LogP contribution in [-0.4, -0.2) is 93.0 Å². The lowest BCUT2D eigenvalue weighted by molar-refractivity contribution is -0.188. The van der Waals surface area contributed by atoms with E-state index >= 15 is 0 Å². The second-order valence-corrected chi connectivity index (χ2v) is 13.3. The molecule has 10 nitrogen and oxygen atoms in total. The van der Waals surface area contributed by atoms with Crippen LogP contribution in [0.15, 0.2) is 102 Å². The molecule has 4 aliphatic rings. The molecular formula is C36H42N6O4S. The summed E-state index contributed by atoms with van der Waals surface area (Å²) in [6.07, 6.45) is 8.85. The van der Waals surface area contributed by atoms with Crippen molar-refractivity contribution in [1.82, 2.24) is 30.5 Å². The number of benzene rings is 2. The molecular weight excluding hydrogens is 613 g/mol. The van der Waals surface area contributed by atoms with Crippen LogP contribution in [0.5, 0.6) is 5.75 Å². The molecule has 0 saturated carbocycles. The maximum Gasteiger partial charge on any atom is 0.334 e. The molecule has 4 atom stereocenters. The Kier molecular flexibility index (Phi) is 10.0. The molecule has 0 bridgehead atoms. The summed E-state index contributed by atoms with van der Waals surface area (Å²) < 4.78 is 0. The van der Waals surface area contributed by atoms with Crippen LogP contribution in [0.2, 0.25) is 0 Å². The van der Waals surface area contributed by atoms with Crippen LogP contribution in [0.1, 0.15) is 24.5 Å². The lowest BCUT2D eigenvalue weighted by atomic mass is 9.91. The Balaban J connectivity index is 1.29. The Labute approximate surface area is 280 Å². The number of allylic oxidation sites excluding steroid dienone is 2. The van der Waals surface area contributed by atoms with Gasteiger partial charge in [0.15, 0.2) is 0 Å². The highest BCUT2D eigenvalue weighted by Gasteiger charge is 2.51. The number of urea groups is 1. The maximum atomic E-state index is 14.4. The number of piperazine rings is 1. The number of aromatic hydroxyl groups is 1. The third kappa shape index (κ3) is 7.11. The molecule has 2 fully saturated rings. The number of carbonyl (C=O) groups excluding carboxylic acids is 3. The van der Waals surface area contributed by atoms with Gasteiger partial charge in [-0.2, -0.15) is 0 Å². The molecule has 3 aliphatic heterocycles. The van der Waals surface area contributed by atoms with Crippen molar-refractivity contribution in [2.75, 3.05) is 32.7 Å². The van der Waals surface area contributed by atoms with Gasteiger partial charge in [0.25, 0.3) is 0 Å². The molecule has 47 heavy (non-hydrogen) atoms. The second-order valence-electron chi connectivity index (χ2n) is 12.2. The van der Waals surface area contributed by atoms with Gasteiger partial charge in [-0.25, -0.2) is 14.8 Å². The minimum atomic E-state index is -0.821. The molecule has 11 heteroatoms. The average molecular weight is 655 g/mol. The van der Waals surface area contributed by atoms with E-state index in [0.717, 1.165) is 35.4 Å². The minimum Gasteiger partial charge on any atom is -0.508 e. The van der Waals surface area contributed by atoms with Gasteiger partial charge in [0, 0.05) is 49.5 Å². The van der Waals surface area contributed by atoms with E-state index in [1.54, 1.807) is 57.0 Å². The number of nitrogens with one attached hydrogen (secondary N) is 2. The molecule has 2 aromatic rings. The van der Waals surface area contributed by atoms with E-state index in [1.165, 1.54) is 0 Å². The Morgan fingerprint density at radius 2 is 1.89 bits per heavy atom. The van der Waals surface area contributed by atoms with Crippen molar-refractivity contribution in [2.45, 2.75) is 43.8 Å². The van der Waals surface area contributed by atoms with E-state index in [-0.39, 0.29) is 54.3 Å². The molecule has 0 spiro atoms. The third-order valence-electron chi connectivity index (χ3n) is 8.97. The fraction of sp³-hybridized carbons (Fsp3) is 0.361. The number of nitrogens with zero attached hydrogens (tertiary/aromatic N) is 4. The summed E-state index contributed by atoms with van der Waals surface area (Å²) in [7, 11) is 0. The number of hydrazine groups is 1. The van der Waals surface area contributed by atoms with Gasteiger partial charge in [0.05, 0.1) is 13.1 Å². The second kappa shape index (κ2) is 14.5. The molecule has 6 rings (SSSR count). The van der Waals surface area contributed by atoms with Crippen molar-refractivity contribution in [3.63, 3.8) is 0 Å². The third-order valence-corrected chi connectivity index (χ3v) is 10.2. The van der Waals surface area contributed by atoms with Gasteiger partial charge in [-0.1, -0.05) is 61.5 Å². The Morgan fingerprint density at radius 1 is 1.11 bits per heavy atom. The van der Waals surface area contributed by atoms with Gasteiger partial charge >= 0.3 is 6.03 Å². The van der Waals surface area contributed by atoms with Crippen molar-refractivity contribution < 1.29 is 19.5 Å². The average Bonchev–Trinajstić information content (AvgIpc) is 3.47. The van der Waals surface area contributed by atoms with E-state index < -0.39 is 12.2 Å². The largest absolute Gasteiger partial charge is 0.508 e. The van der Waals surface area contributed by atoms with Crippen LogP contribution >= 0.6 is 11.8 Å². The summed E-state index contributed by atoms with van der Waals surface area (Å²) >= 11 is 1.76. The first-order chi connectivity index (χ1) is 22.9. The lowest BCUT2D eigenvalue weighted by Gasteiger charge is -2.55. The standard InChI is InChI=1S/C36H42N6O4S/c1-3-16-37-28-12-15-30-27(24-47-32(30)19-28)21-39-22-33-41(31(35(39)45)18-25-10-13-29(43)14-11-25)34(44)23-40(17-4-2)42(33)36(46)38-20-26-8-6-5-7-9-26/h4-15,19,24,30-33,37,43H,2-3,16-18,20-23H2,1H3,(H,38,46)/t30?,31-,32?,33-/m0/s1. The normalized spacial score (nSPS) is 24.0. The quantitative estimate of drug-likeness (QED) is 0.315. The smallest absolute Gasteiger partial charge is 0.334 e. The molecule has 246 valence electrons. The van der Waals surface area contributed by atoms with Crippen molar-refractivity contribution in [2.24, 2.45) is 5.92 Å². The number of phenols is 1. The van der Waals surface area contributed by atoms with E-state index in [1.807, 2.05) is 35.2 Å². The number of amides is 4. The zero-order chi connectivity index (χ0) is 32.9. The number of carbonyl (C=O) groups is 3. The van der Waals surface area contributed by atoms with Crippen LogP contribution in [-0.2, 0) is 22.6 Å². The maximum absolute atomic E-state index is 14.4. The van der Waals surface area contributed by atoms with Crippen LogP contribution in [0, 0.1) is 5.92 Å². The number of rotatable bonds is 11. The van der Waals surface area contributed by atoms with Gasteiger partial charge in [-0.05, 0) is 52.8 Å². The van der Waals surface area contributed by atoms with Gasteiger partial charge in [0.1, 0.15) is 18.0 Å². The number of thioether (sulfide) groups is 1. The lowest BCUT2D eigenvalue weighted by Crippen LogP contribution is -2.76. The van der Waals surface area contributed by atoms with E-state index in [2.05, 4.69) is 47.8 Å².